The molecule has 142 valence electrons. The lowest BCUT2D eigenvalue weighted by Gasteiger charge is -2.11. The van der Waals surface area contributed by atoms with E-state index in [1.165, 1.54) is 24.3 Å². The molecule has 0 saturated carbocycles. The first-order chi connectivity index (χ1) is 13.5. The van der Waals surface area contributed by atoms with Crippen LogP contribution in [0.25, 0.3) is 11.1 Å². The predicted octanol–water partition coefficient (Wildman–Crippen LogP) is 3.68. The molecule has 0 fully saturated rings. The Morgan fingerprint density at radius 2 is 1.71 bits per heavy atom. The summed E-state index contributed by atoms with van der Waals surface area (Å²) < 4.78 is 5.05. The van der Waals surface area contributed by atoms with Crippen molar-refractivity contribution in [1.29, 1.82) is 0 Å². The number of methoxy groups -OCH3 is 1. The highest BCUT2D eigenvalue weighted by atomic mass is 16.5. The largest absolute Gasteiger partial charge is 0.481 e. The van der Waals surface area contributed by atoms with Crippen LogP contribution in [0.15, 0.2) is 60.8 Å². The first-order valence-electron chi connectivity index (χ1n) is 8.27. The maximum atomic E-state index is 12.5. The number of amides is 2. The quantitative estimate of drug-likeness (QED) is 0.502. The molecule has 2 amide bonds. The van der Waals surface area contributed by atoms with Crippen molar-refractivity contribution in [3.8, 4) is 17.0 Å². The summed E-state index contributed by atoms with van der Waals surface area (Å²) in [6.45, 7) is 0. The van der Waals surface area contributed by atoms with Crippen LogP contribution in [-0.2, 0) is 0 Å². The lowest BCUT2D eigenvalue weighted by molar-refractivity contribution is 0.102. The third-order valence-corrected chi connectivity index (χ3v) is 3.98. The number of rotatable bonds is 5. The Morgan fingerprint density at radius 3 is 2.32 bits per heavy atom. The molecule has 0 atom stereocenters. The summed E-state index contributed by atoms with van der Waals surface area (Å²) in [4.78, 5) is 27.3. The highest BCUT2D eigenvalue weighted by Crippen LogP contribution is 2.28. The number of nitrogens with zero attached hydrogens (tertiary/aromatic N) is 1. The summed E-state index contributed by atoms with van der Waals surface area (Å²) in [6.07, 6.45) is 0.499. The van der Waals surface area contributed by atoms with Crippen LogP contribution in [0.2, 0.25) is 0 Å². The van der Waals surface area contributed by atoms with Crippen LogP contribution < -0.4 is 21.1 Å². The van der Waals surface area contributed by atoms with Gasteiger partial charge in [0.25, 0.3) is 5.91 Å². The molecule has 0 unspecified atom stereocenters. The number of hydrogen-bond acceptors (Lipinski definition) is 5. The predicted molar refractivity (Wildman–Crippen MR) is 107 cm³/mol. The third-order valence-electron chi connectivity index (χ3n) is 3.98. The average Bonchev–Trinajstić information content (AvgIpc) is 2.70. The van der Waals surface area contributed by atoms with Crippen molar-refractivity contribution < 1.29 is 19.4 Å². The summed E-state index contributed by atoms with van der Waals surface area (Å²) in [5.41, 5.74) is 9.30. The molecule has 8 nitrogen and oxygen atoms in total. The number of aromatic nitrogens is 1. The Hall–Kier alpha value is -4.07. The van der Waals surface area contributed by atoms with Crippen LogP contribution in [-0.4, -0.2) is 29.2 Å². The number of benzene rings is 2. The van der Waals surface area contributed by atoms with E-state index in [9.17, 15) is 9.59 Å². The Bertz CT molecular complexity index is 1000. The Labute approximate surface area is 161 Å². The van der Waals surface area contributed by atoms with Crippen LogP contribution >= 0.6 is 0 Å². The number of carboxylic acid groups (broad SMARTS) is 1. The molecule has 3 aromatic rings. The molecule has 5 N–H and O–H groups in total. The fourth-order valence-corrected chi connectivity index (χ4v) is 2.54. The average molecular weight is 378 g/mol. The number of anilines is 3. The topological polar surface area (TPSA) is 127 Å². The summed E-state index contributed by atoms with van der Waals surface area (Å²) >= 11 is 0. The van der Waals surface area contributed by atoms with Gasteiger partial charge in [0.1, 0.15) is 0 Å². The van der Waals surface area contributed by atoms with Gasteiger partial charge in [-0.3, -0.25) is 10.1 Å². The molecule has 0 bridgehead atoms. The van der Waals surface area contributed by atoms with Gasteiger partial charge in [0.15, 0.2) is 0 Å². The van der Waals surface area contributed by atoms with Gasteiger partial charge in [0, 0.05) is 29.1 Å². The molecular formula is C20H18N4O4. The maximum absolute atomic E-state index is 12.5. The Morgan fingerprint density at radius 1 is 1.00 bits per heavy atom. The second-order valence-electron chi connectivity index (χ2n) is 5.85. The van der Waals surface area contributed by atoms with E-state index in [0.717, 1.165) is 11.1 Å². The van der Waals surface area contributed by atoms with Gasteiger partial charge in [0.2, 0.25) is 5.88 Å². The van der Waals surface area contributed by atoms with E-state index in [4.69, 9.17) is 15.6 Å². The van der Waals surface area contributed by atoms with E-state index in [0.29, 0.717) is 28.5 Å². The SMILES string of the molecule is COc1ccc(-c2ccc(N)c(NC(=O)c3ccc(NC(=O)O)cc3)c2)cn1. The van der Waals surface area contributed by atoms with Crippen molar-refractivity contribution in [1.82, 2.24) is 4.98 Å². The molecule has 1 heterocycles. The summed E-state index contributed by atoms with van der Waals surface area (Å²) in [7, 11) is 1.54. The molecule has 3 rings (SSSR count). The van der Waals surface area contributed by atoms with Crippen molar-refractivity contribution in [3.63, 3.8) is 0 Å². The second kappa shape index (κ2) is 8.09. The normalized spacial score (nSPS) is 10.2. The van der Waals surface area contributed by atoms with Gasteiger partial charge < -0.3 is 20.9 Å². The molecule has 0 aliphatic carbocycles. The van der Waals surface area contributed by atoms with Crippen molar-refractivity contribution in [2.75, 3.05) is 23.5 Å². The monoisotopic (exact) mass is 378 g/mol. The van der Waals surface area contributed by atoms with Gasteiger partial charge in [-0.2, -0.15) is 0 Å². The minimum atomic E-state index is -1.17. The number of hydrogen-bond donors (Lipinski definition) is 4. The number of nitrogens with two attached hydrogens (primary N) is 1. The lowest BCUT2D eigenvalue weighted by Crippen LogP contribution is -2.13. The number of nitrogen functional groups attached to an aromatic ring is 1. The van der Waals surface area contributed by atoms with E-state index >= 15 is 0 Å². The first kappa shape index (κ1) is 18.7. The molecule has 0 saturated heterocycles. The molecule has 2 aromatic carbocycles. The van der Waals surface area contributed by atoms with E-state index in [2.05, 4.69) is 15.6 Å². The van der Waals surface area contributed by atoms with Crippen LogP contribution in [0.3, 0.4) is 0 Å². The van der Waals surface area contributed by atoms with Gasteiger partial charge in [-0.15, -0.1) is 0 Å². The van der Waals surface area contributed by atoms with Gasteiger partial charge in [0.05, 0.1) is 18.5 Å². The number of ether oxygens (including phenoxy) is 1. The molecule has 0 radical (unpaired) electrons. The molecule has 0 aliphatic heterocycles. The lowest BCUT2D eigenvalue weighted by atomic mass is 10.1. The van der Waals surface area contributed by atoms with Crippen LogP contribution in [0, 0.1) is 0 Å². The summed E-state index contributed by atoms with van der Waals surface area (Å²) in [6, 6.07) is 15.0. The van der Waals surface area contributed by atoms with Crippen LogP contribution in [0.4, 0.5) is 21.9 Å². The highest BCUT2D eigenvalue weighted by molar-refractivity contribution is 6.06. The fourth-order valence-electron chi connectivity index (χ4n) is 2.54. The van der Waals surface area contributed by atoms with Gasteiger partial charge in [-0.05, 0) is 48.0 Å². The van der Waals surface area contributed by atoms with Crippen LogP contribution in [0.5, 0.6) is 5.88 Å². The van der Waals surface area contributed by atoms with Gasteiger partial charge in [-0.1, -0.05) is 6.07 Å². The molecule has 8 heteroatoms. The van der Waals surface area contributed by atoms with Crippen molar-refractivity contribution >= 4 is 29.1 Å². The smallest absolute Gasteiger partial charge is 0.409 e. The van der Waals surface area contributed by atoms with Crippen molar-refractivity contribution in [3.05, 3.63) is 66.4 Å². The number of nitrogens with one attached hydrogen (secondary N) is 2. The van der Waals surface area contributed by atoms with E-state index < -0.39 is 6.09 Å². The Balaban J connectivity index is 1.79. The van der Waals surface area contributed by atoms with Crippen LogP contribution in [0.1, 0.15) is 10.4 Å². The molecule has 28 heavy (non-hydrogen) atoms. The molecular weight excluding hydrogens is 360 g/mol. The van der Waals surface area contributed by atoms with Gasteiger partial charge in [-0.25, -0.2) is 9.78 Å². The summed E-state index contributed by atoms with van der Waals surface area (Å²) in [5, 5.41) is 13.7. The second-order valence-corrected chi connectivity index (χ2v) is 5.85. The first-order valence-corrected chi connectivity index (χ1v) is 8.27. The zero-order chi connectivity index (χ0) is 20.1. The van der Waals surface area contributed by atoms with Gasteiger partial charge >= 0.3 is 6.09 Å². The van der Waals surface area contributed by atoms with Crippen molar-refractivity contribution in [2.24, 2.45) is 0 Å². The minimum absolute atomic E-state index is 0.362. The minimum Gasteiger partial charge on any atom is -0.481 e. The van der Waals surface area contributed by atoms with E-state index in [1.807, 2.05) is 12.1 Å². The molecule has 0 aliphatic rings. The number of carbonyl (C=O) groups is 2. The van der Waals surface area contributed by atoms with E-state index in [1.54, 1.807) is 31.5 Å². The molecule has 0 spiro atoms. The third kappa shape index (κ3) is 4.36. The zero-order valence-electron chi connectivity index (χ0n) is 15.0. The zero-order valence-corrected chi connectivity index (χ0v) is 15.0. The fraction of sp³-hybridized carbons (Fsp3) is 0.0500. The maximum Gasteiger partial charge on any atom is 0.409 e. The molecule has 1 aromatic heterocycles. The number of carbonyl (C=O) groups excluding carboxylic acids is 1. The van der Waals surface area contributed by atoms with Crippen molar-refractivity contribution in [2.45, 2.75) is 0 Å². The summed E-state index contributed by atoms with van der Waals surface area (Å²) in [5.74, 6) is 0.145. The highest BCUT2D eigenvalue weighted by Gasteiger charge is 2.10. The van der Waals surface area contributed by atoms with E-state index in [-0.39, 0.29) is 5.91 Å². The number of pyridine rings is 1. The standard InChI is InChI=1S/C20H18N4O4/c1-28-18-9-5-14(11-22-18)13-4-8-16(21)17(10-13)24-19(25)12-2-6-15(7-3-12)23-20(26)27/h2-11,23H,21H2,1H3,(H,24,25)(H,26,27). The Kier molecular flexibility index (Phi) is 5.40.